The molecule has 0 unspecified atom stereocenters. The maximum absolute atomic E-state index is 10.9. The van der Waals surface area contributed by atoms with Crippen molar-refractivity contribution < 1.29 is 17.7 Å². The number of aryl methyl sites for hydroxylation is 1. The highest BCUT2D eigenvalue weighted by Crippen LogP contribution is 2.15. The van der Waals surface area contributed by atoms with Gasteiger partial charge in [0.1, 0.15) is 5.75 Å². The SMILES string of the molecule is O=S(=O)(O)c1ccc(CCCOc2ccc(I)cc2)cc1. The minimum Gasteiger partial charge on any atom is -0.494 e. The van der Waals surface area contributed by atoms with Crippen molar-refractivity contribution in [1.29, 1.82) is 0 Å². The molecule has 0 radical (unpaired) electrons. The first-order chi connectivity index (χ1) is 9.95. The first-order valence-electron chi connectivity index (χ1n) is 6.40. The average molecular weight is 418 g/mol. The Morgan fingerprint density at radius 3 is 2.19 bits per heavy atom. The van der Waals surface area contributed by atoms with Crippen LogP contribution in [-0.4, -0.2) is 19.6 Å². The topological polar surface area (TPSA) is 63.6 Å². The molecule has 1 N–H and O–H groups in total. The molecule has 0 saturated heterocycles. The summed E-state index contributed by atoms with van der Waals surface area (Å²) in [5.41, 5.74) is 1.01. The van der Waals surface area contributed by atoms with Gasteiger partial charge in [-0.2, -0.15) is 8.42 Å². The second-order valence-corrected chi connectivity index (χ2v) is 7.19. The van der Waals surface area contributed by atoms with Crippen molar-refractivity contribution in [3.63, 3.8) is 0 Å². The summed E-state index contributed by atoms with van der Waals surface area (Å²) in [6.07, 6.45) is 1.62. The van der Waals surface area contributed by atoms with Gasteiger partial charge in [-0.3, -0.25) is 4.55 Å². The summed E-state index contributed by atoms with van der Waals surface area (Å²) in [6, 6.07) is 14.1. The van der Waals surface area contributed by atoms with E-state index in [1.165, 1.54) is 15.7 Å². The predicted octanol–water partition coefficient (Wildman–Crippen LogP) is 3.55. The summed E-state index contributed by atoms with van der Waals surface area (Å²) in [5, 5.41) is 0. The predicted molar refractivity (Wildman–Crippen MR) is 89.2 cm³/mol. The van der Waals surface area contributed by atoms with Gasteiger partial charge in [-0.05, 0) is 77.4 Å². The van der Waals surface area contributed by atoms with Crippen molar-refractivity contribution in [2.75, 3.05) is 6.61 Å². The fourth-order valence-corrected chi connectivity index (χ4v) is 2.66. The molecule has 6 heteroatoms. The molecule has 0 aromatic heterocycles. The maximum Gasteiger partial charge on any atom is 0.294 e. The Bertz CT molecular complexity index is 679. The largest absolute Gasteiger partial charge is 0.494 e. The lowest BCUT2D eigenvalue weighted by molar-refractivity contribution is 0.311. The molecule has 0 aliphatic rings. The lowest BCUT2D eigenvalue weighted by atomic mass is 10.1. The zero-order valence-electron chi connectivity index (χ0n) is 11.2. The summed E-state index contributed by atoms with van der Waals surface area (Å²) in [4.78, 5) is -0.0820. The zero-order valence-corrected chi connectivity index (χ0v) is 14.2. The summed E-state index contributed by atoms with van der Waals surface area (Å²) < 4.78 is 37.5. The van der Waals surface area contributed by atoms with E-state index >= 15 is 0 Å². The van der Waals surface area contributed by atoms with Gasteiger partial charge in [-0.15, -0.1) is 0 Å². The highest BCUT2D eigenvalue weighted by atomic mass is 127. The molecule has 2 aromatic rings. The first-order valence-corrected chi connectivity index (χ1v) is 8.92. The van der Waals surface area contributed by atoms with Crippen molar-refractivity contribution in [3.05, 3.63) is 57.7 Å². The summed E-state index contributed by atoms with van der Waals surface area (Å²) in [7, 11) is -4.11. The van der Waals surface area contributed by atoms with E-state index in [0.29, 0.717) is 6.61 Å². The average Bonchev–Trinajstić information content (AvgIpc) is 2.45. The number of rotatable bonds is 6. The van der Waals surface area contributed by atoms with E-state index in [1.807, 2.05) is 24.3 Å². The number of hydrogen-bond donors (Lipinski definition) is 1. The molecule has 0 fully saturated rings. The number of benzene rings is 2. The smallest absolute Gasteiger partial charge is 0.294 e. The van der Waals surface area contributed by atoms with Gasteiger partial charge in [0.2, 0.25) is 0 Å². The van der Waals surface area contributed by atoms with E-state index in [2.05, 4.69) is 22.6 Å². The van der Waals surface area contributed by atoms with Gasteiger partial charge in [0.05, 0.1) is 11.5 Å². The standard InChI is InChI=1S/C15H15IO4S/c16-13-5-7-14(8-6-13)20-11-1-2-12-3-9-15(10-4-12)21(17,18)19/h3-10H,1-2,11H2,(H,17,18,19). The molecule has 0 atom stereocenters. The van der Waals surface area contributed by atoms with Crippen LogP contribution in [0.4, 0.5) is 0 Å². The molecular weight excluding hydrogens is 403 g/mol. The van der Waals surface area contributed by atoms with Crippen LogP contribution in [0.15, 0.2) is 53.4 Å². The summed E-state index contributed by atoms with van der Waals surface area (Å²) in [6.45, 7) is 0.598. The van der Waals surface area contributed by atoms with Gasteiger partial charge in [0, 0.05) is 3.57 Å². The van der Waals surface area contributed by atoms with Crippen molar-refractivity contribution in [2.24, 2.45) is 0 Å². The van der Waals surface area contributed by atoms with Gasteiger partial charge in [-0.1, -0.05) is 12.1 Å². The van der Waals surface area contributed by atoms with Crippen molar-refractivity contribution in [2.45, 2.75) is 17.7 Å². The Labute approximate surface area is 138 Å². The van der Waals surface area contributed by atoms with E-state index in [1.54, 1.807) is 12.1 Å². The molecule has 0 bridgehead atoms. The first kappa shape index (κ1) is 16.3. The van der Waals surface area contributed by atoms with E-state index < -0.39 is 10.1 Å². The van der Waals surface area contributed by atoms with Crippen LogP contribution in [-0.2, 0) is 16.5 Å². The Morgan fingerprint density at radius 2 is 1.62 bits per heavy atom. The molecule has 0 heterocycles. The molecule has 4 nitrogen and oxygen atoms in total. The molecule has 0 amide bonds. The summed E-state index contributed by atoms with van der Waals surface area (Å²) >= 11 is 2.24. The molecular formula is C15H15IO4S. The highest BCUT2D eigenvalue weighted by molar-refractivity contribution is 14.1. The quantitative estimate of drug-likeness (QED) is 0.443. The lowest BCUT2D eigenvalue weighted by Gasteiger charge is -2.06. The van der Waals surface area contributed by atoms with Gasteiger partial charge >= 0.3 is 0 Å². The Kier molecular flexibility index (Phi) is 5.60. The van der Waals surface area contributed by atoms with Crippen molar-refractivity contribution in [3.8, 4) is 5.75 Å². The third kappa shape index (κ3) is 5.29. The molecule has 21 heavy (non-hydrogen) atoms. The number of hydrogen-bond acceptors (Lipinski definition) is 3. The molecule has 0 saturated carbocycles. The highest BCUT2D eigenvalue weighted by Gasteiger charge is 2.08. The third-order valence-corrected chi connectivity index (χ3v) is 4.50. The maximum atomic E-state index is 10.9. The molecule has 0 spiro atoms. The van der Waals surface area contributed by atoms with Gasteiger partial charge in [0.15, 0.2) is 0 Å². The van der Waals surface area contributed by atoms with E-state index in [0.717, 1.165) is 24.2 Å². The molecule has 2 rings (SSSR count). The lowest BCUT2D eigenvalue weighted by Crippen LogP contribution is -2.00. The van der Waals surface area contributed by atoms with Crippen LogP contribution in [0.2, 0.25) is 0 Å². The van der Waals surface area contributed by atoms with Crippen molar-refractivity contribution >= 4 is 32.7 Å². The molecule has 112 valence electrons. The second-order valence-electron chi connectivity index (χ2n) is 4.52. The zero-order chi connectivity index (χ0) is 15.3. The van der Waals surface area contributed by atoms with Crippen molar-refractivity contribution in [1.82, 2.24) is 0 Å². The number of ether oxygens (including phenoxy) is 1. The normalized spacial score (nSPS) is 11.3. The molecule has 0 aliphatic carbocycles. The fraction of sp³-hybridized carbons (Fsp3) is 0.200. The van der Waals surface area contributed by atoms with Crippen LogP contribution in [0.5, 0.6) is 5.75 Å². The van der Waals surface area contributed by atoms with Gasteiger partial charge in [-0.25, -0.2) is 0 Å². The van der Waals surface area contributed by atoms with Crippen LogP contribution in [0, 0.1) is 3.57 Å². The van der Waals surface area contributed by atoms with E-state index in [9.17, 15) is 8.42 Å². The minimum atomic E-state index is -4.11. The van der Waals surface area contributed by atoms with Crippen LogP contribution >= 0.6 is 22.6 Å². The molecule has 0 aliphatic heterocycles. The van der Waals surface area contributed by atoms with E-state index in [-0.39, 0.29) is 4.90 Å². The third-order valence-electron chi connectivity index (χ3n) is 2.91. The minimum absolute atomic E-state index is 0.0820. The van der Waals surface area contributed by atoms with Gasteiger partial charge < -0.3 is 4.74 Å². The van der Waals surface area contributed by atoms with Crippen LogP contribution < -0.4 is 4.74 Å². The molecule has 2 aromatic carbocycles. The Balaban J connectivity index is 1.80. The Hall–Kier alpha value is -1.12. The fourth-order valence-electron chi connectivity index (χ4n) is 1.83. The summed E-state index contributed by atoms with van der Waals surface area (Å²) in [5.74, 6) is 0.845. The van der Waals surface area contributed by atoms with Gasteiger partial charge in [0.25, 0.3) is 10.1 Å². The van der Waals surface area contributed by atoms with E-state index in [4.69, 9.17) is 9.29 Å². The number of halogens is 1. The Morgan fingerprint density at radius 1 is 1.00 bits per heavy atom. The second kappa shape index (κ2) is 7.24. The van der Waals surface area contributed by atoms with Crippen LogP contribution in [0.25, 0.3) is 0 Å². The van der Waals surface area contributed by atoms with Crippen LogP contribution in [0.3, 0.4) is 0 Å². The van der Waals surface area contributed by atoms with Crippen LogP contribution in [0.1, 0.15) is 12.0 Å². The monoisotopic (exact) mass is 418 g/mol.